The minimum atomic E-state index is -0.0543. The van der Waals surface area contributed by atoms with E-state index in [4.69, 9.17) is 0 Å². The smallest absolute Gasteiger partial charge is 0.159 e. The molecule has 0 bridgehead atoms. The Labute approximate surface area is 67.6 Å². The highest BCUT2D eigenvalue weighted by Crippen LogP contribution is 2.08. The van der Waals surface area contributed by atoms with Crippen LogP contribution in [-0.4, -0.2) is 20.2 Å². The van der Waals surface area contributed by atoms with Crippen molar-refractivity contribution in [2.24, 2.45) is 0 Å². The standard InChI is InChI=1S/C6H12N4.CH4/c1-5-7-9-10(8-5)6(2,3)4;/h1-4H3;1H4. The number of hydrogen-bond acceptors (Lipinski definition) is 3. The van der Waals surface area contributed by atoms with Crippen LogP contribution in [0.4, 0.5) is 0 Å². The van der Waals surface area contributed by atoms with Crippen molar-refractivity contribution in [2.75, 3.05) is 0 Å². The Morgan fingerprint density at radius 3 is 2.00 bits per heavy atom. The third kappa shape index (κ3) is 2.29. The van der Waals surface area contributed by atoms with Crippen LogP contribution in [0.1, 0.15) is 34.0 Å². The molecule has 0 saturated carbocycles. The van der Waals surface area contributed by atoms with Gasteiger partial charge in [-0.25, -0.2) is 0 Å². The van der Waals surface area contributed by atoms with Crippen molar-refractivity contribution in [3.05, 3.63) is 5.82 Å². The van der Waals surface area contributed by atoms with E-state index in [1.165, 1.54) is 0 Å². The van der Waals surface area contributed by atoms with Gasteiger partial charge in [0.05, 0.1) is 5.54 Å². The summed E-state index contributed by atoms with van der Waals surface area (Å²) in [4.78, 5) is 1.61. The van der Waals surface area contributed by atoms with Crippen molar-refractivity contribution in [1.82, 2.24) is 20.2 Å². The fraction of sp³-hybridized carbons (Fsp3) is 0.857. The van der Waals surface area contributed by atoms with Crippen molar-refractivity contribution < 1.29 is 0 Å². The zero-order chi connectivity index (χ0) is 7.78. The zero-order valence-corrected chi connectivity index (χ0v) is 6.79. The molecule has 0 atom stereocenters. The van der Waals surface area contributed by atoms with Crippen LogP contribution in [0.5, 0.6) is 0 Å². The largest absolute Gasteiger partial charge is 0.171 e. The number of tetrazole rings is 1. The van der Waals surface area contributed by atoms with Gasteiger partial charge in [-0.1, -0.05) is 7.43 Å². The molecule has 0 aromatic carbocycles. The SMILES string of the molecule is C.Cc1nnn(C(C)(C)C)n1. The van der Waals surface area contributed by atoms with Gasteiger partial charge in [0.2, 0.25) is 0 Å². The molecule has 0 N–H and O–H groups in total. The summed E-state index contributed by atoms with van der Waals surface area (Å²) in [6.45, 7) is 7.94. The van der Waals surface area contributed by atoms with Crippen molar-refractivity contribution in [3.63, 3.8) is 0 Å². The quantitative estimate of drug-likeness (QED) is 0.570. The highest BCUT2D eigenvalue weighted by Gasteiger charge is 2.15. The van der Waals surface area contributed by atoms with Crippen molar-refractivity contribution in [3.8, 4) is 0 Å². The van der Waals surface area contributed by atoms with Gasteiger partial charge in [0.25, 0.3) is 0 Å². The van der Waals surface area contributed by atoms with Crippen LogP contribution in [0, 0.1) is 6.92 Å². The predicted octanol–water partition coefficient (Wildman–Crippen LogP) is 1.37. The van der Waals surface area contributed by atoms with E-state index in [2.05, 4.69) is 15.4 Å². The monoisotopic (exact) mass is 156 g/mol. The molecule has 0 fully saturated rings. The van der Waals surface area contributed by atoms with Gasteiger partial charge in [-0.15, -0.1) is 10.2 Å². The first-order chi connectivity index (χ1) is 4.50. The van der Waals surface area contributed by atoms with Crippen LogP contribution >= 0.6 is 0 Å². The van der Waals surface area contributed by atoms with Gasteiger partial charge in [0, 0.05) is 0 Å². The Morgan fingerprint density at radius 1 is 1.27 bits per heavy atom. The molecule has 1 aromatic heterocycles. The molecule has 1 rings (SSSR count). The summed E-state index contributed by atoms with van der Waals surface area (Å²) in [5, 5.41) is 11.7. The second-order valence-corrected chi connectivity index (χ2v) is 3.30. The Kier molecular flexibility index (Phi) is 2.73. The first-order valence-corrected chi connectivity index (χ1v) is 3.27. The molecule has 1 heterocycles. The van der Waals surface area contributed by atoms with Crippen molar-refractivity contribution in [2.45, 2.75) is 40.7 Å². The van der Waals surface area contributed by atoms with E-state index in [0.29, 0.717) is 0 Å². The Bertz CT molecular complexity index is 221. The van der Waals surface area contributed by atoms with Gasteiger partial charge >= 0.3 is 0 Å². The summed E-state index contributed by atoms with van der Waals surface area (Å²) >= 11 is 0. The van der Waals surface area contributed by atoms with E-state index in [1.807, 2.05) is 27.7 Å². The topological polar surface area (TPSA) is 43.6 Å². The number of hydrogen-bond donors (Lipinski definition) is 0. The fourth-order valence-corrected chi connectivity index (χ4v) is 0.568. The molecule has 0 aliphatic heterocycles. The summed E-state index contributed by atoms with van der Waals surface area (Å²) in [6.07, 6.45) is 0. The lowest BCUT2D eigenvalue weighted by Gasteiger charge is -2.15. The molecule has 0 unspecified atom stereocenters. The summed E-state index contributed by atoms with van der Waals surface area (Å²) in [6, 6.07) is 0. The molecule has 4 nitrogen and oxygen atoms in total. The maximum absolute atomic E-state index is 4.08. The highest BCUT2D eigenvalue weighted by molar-refractivity contribution is 4.72. The third-order valence-corrected chi connectivity index (χ3v) is 1.11. The second-order valence-electron chi connectivity index (χ2n) is 3.30. The molecular formula is C7H16N4. The third-order valence-electron chi connectivity index (χ3n) is 1.11. The molecule has 0 spiro atoms. The first-order valence-electron chi connectivity index (χ1n) is 3.27. The van der Waals surface area contributed by atoms with Gasteiger partial charge in [-0.3, -0.25) is 0 Å². The lowest BCUT2D eigenvalue weighted by molar-refractivity contribution is 0.305. The van der Waals surface area contributed by atoms with Crippen LogP contribution in [0.3, 0.4) is 0 Å². The zero-order valence-electron chi connectivity index (χ0n) is 6.79. The second kappa shape index (κ2) is 2.98. The minimum absolute atomic E-state index is 0. The molecule has 64 valence electrons. The molecule has 11 heavy (non-hydrogen) atoms. The van der Waals surface area contributed by atoms with Crippen LogP contribution in [0.25, 0.3) is 0 Å². The van der Waals surface area contributed by atoms with Crippen molar-refractivity contribution >= 4 is 0 Å². The molecule has 0 amide bonds. The maximum atomic E-state index is 4.08. The molecule has 4 heteroatoms. The lowest BCUT2D eigenvalue weighted by Crippen LogP contribution is -2.24. The van der Waals surface area contributed by atoms with Crippen LogP contribution in [0.15, 0.2) is 0 Å². The van der Waals surface area contributed by atoms with Crippen LogP contribution < -0.4 is 0 Å². The molecule has 0 radical (unpaired) electrons. The number of aromatic nitrogens is 4. The number of aryl methyl sites for hydroxylation is 1. The van der Waals surface area contributed by atoms with E-state index >= 15 is 0 Å². The van der Waals surface area contributed by atoms with Crippen LogP contribution in [0.2, 0.25) is 0 Å². The van der Waals surface area contributed by atoms with E-state index in [1.54, 1.807) is 4.80 Å². The average molecular weight is 156 g/mol. The van der Waals surface area contributed by atoms with Gasteiger partial charge in [0.1, 0.15) is 0 Å². The normalized spacial score (nSPS) is 10.9. The minimum Gasteiger partial charge on any atom is -0.159 e. The molecule has 1 aromatic rings. The van der Waals surface area contributed by atoms with E-state index < -0.39 is 0 Å². The summed E-state index contributed by atoms with van der Waals surface area (Å²) in [5.74, 6) is 0.718. The Hall–Kier alpha value is -0.930. The first kappa shape index (κ1) is 10.1. The van der Waals surface area contributed by atoms with Gasteiger partial charge < -0.3 is 0 Å². The molecular weight excluding hydrogens is 140 g/mol. The molecule has 0 aliphatic carbocycles. The van der Waals surface area contributed by atoms with Gasteiger partial charge in [-0.05, 0) is 32.9 Å². The van der Waals surface area contributed by atoms with Gasteiger partial charge in [-0.2, -0.15) is 4.80 Å². The number of rotatable bonds is 0. The van der Waals surface area contributed by atoms with Crippen molar-refractivity contribution in [1.29, 1.82) is 0 Å². The maximum Gasteiger partial charge on any atom is 0.171 e. The van der Waals surface area contributed by atoms with E-state index in [0.717, 1.165) is 5.82 Å². The average Bonchev–Trinajstić information content (AvgIpc) is 2.11. The van der Waals surface area contributed by atoms with E-state index in [9.17, 15) is 0 Å². The van der Waals surface area contributed by atoms with Crippen LogP contribution in [-0.2, 0) is 5.54 Å². The highest BCUT2D eigenvalue weighted by atomic mass is 15.6. The Balaban J connectivity index is 0.000001000. The fourth-order valence-electron chi connectivity index (χ4n) is 0.568. The lowest BCUT2D eigenvalue weighted by atomic mass is 10.1. The molecule has 0 aliphatic rings. The Morgan fingerprint density at radius 2 is 1.82 bits per heavy atom. The summed E-state index contributed by atoms with van der Waals surface area (Å²) < 4.78 is 0. The predicted molar refractivity (Wildman–Crippen MR) is 44.3 cm³/mol. The molecule has 0 saturated heterocycles. The number of nitrogens with zero attached hydrogens (tertiary/aromatic N) is 4. The van der Waals surface area contributed by atoms with E-state index in [-0.39, 0.29) is 13.0 Å². The van der Waals surface area contributed by atoms with Gasteiger partial charge in [0.15, 0.2) is 5.82 Å². The summed E-state index contributed by atoms with van der Waals surface area (Å²) in [5.41, 5.74) is -0.0543. The summed E-state index contributed by atoms with van der Waals surface area (Å²) in [7, 11) is 0.